The summed E-state index contributed by atoms with van der Waals surface area (Å²) in [7, 11) is 0. The van der Waals surface area contributed by atoms with Crippen LogP contribution < -0.4 is 4.90 Å². The van der Waals surface area contributed by atoms with Crippen LogP contribution in [0.3, 0.4) is 0 Å². The first-order chi connectivity index (χ1) is 14.3. The number of nitrogens with zero attached hydrogens (tertiary/aromatic N) is 5. The Labute approximate surface area is 172 Å². The van der Waals surface area contributed by atoms with Crippen LogP contribution in [0.5, 0.6) is 0 Å². The monoisotopic (exact) mass is 383 g/mol. The number of rotatable bonds is 6. The van der Waals surface area contributed by atoms with Crippen LogP contribution in [0.25, 0.3) is 0 Å². The maximum Gasteiger partial charge on any atom is 0.151 e. The predicted octanol–water partition coefficient (Wildman–Crippen LogP) is 3.50. The van der Waals surface area contributed by atoms with Gasteiger partial charge in [0.05, 0.1) is 6.07 Å². The van der Waals surface area contributed by atoms with E-state index in [1.165, 1.54) is 0 Å². The van der Waals surface area contributed by atoms with Crippen molar-refractivity contribution in [3.05, 3.63) is 90.1 Å². The molecule has 1 fully saturated rings. The van der Waals surface area contributed by atoms with E-state index in [1.54, 1.807) is 6.20 Å². The SMILES string of the molecule is N#CC(CCN1CCN(c2cccnn2)CC1)(c1ccccc1)c1ccccc1. The van der Waals surface area contributed by atoms with Crippen molar-refractivity contribution in [2.24, 2.45) is 0 Å². The fraction of sp³-hybridized carbons (Fsp3) is 0.292. The minimum atomic E-state index is -0.634. The van der Waals surface area contributed by atoms with Crippen LogP contribution >= 0.6 is 0 Å². The van der Waals surface area contributed by atoms with E-state index in [0.29, 0.717) is 0 Å². The number of anilines is 1. The number of nitriles is 1. The zero-order chi connectivity index (χ0) is 19.9. The standard InChI is InChI=1S/C24H25N5/c25-20-24(21-8-3-1-4-9-21,22-10-5-2-6-11-22)13-15-28-16-18-29(19-17-28)23-12-7-14-26-27-23/h1-12,14H,13,15-19H2. The van der Waals surface area contributed by atoms with Crippen molar-refractivity contribution in [2.75, 3.05) is 37.6 Å². The third-order valence-electron chi connectivity index (χ3n) is 5.78. The van der Waals surface area contributed by atoms with Gasteiger partial charge in [0.25, 0.3) is 0 Å². The minimum absolute atomic E-state index is 0.634. The predicted molar refractivity (Wildman–Crippen MR) is 115 cm³/mol. The summed E-state index contributed by atoms with van der Waals surface area (Å²) in [6, 6.07) is 27.0. The van der Waals surface area contributed by atoms with Crippen LogP contribution in [0.4, 0.5) is 5.82 Å². The van der Waals surface area contributed by atoms with Gasteiger partial charge >= 0.3 is 0 Å². The molecule has 29 heavy (non-hydrogen) atoms. The first-order valence-electron chi connectivity index (χ1n) is 10.1. The van der Waals surface area contributed by atoms with Gasteiger partial charge in [-0.3, -0.25) is 4.90 Å². The summed E-state index contributed by atoms with van der Waals surface area (Å²) in [6.07, 6.45) is 2.47. The average Bonchev–Trinajstić information content (AvgIpc) is 2.82. The maximum atomic E-state index is 10.3. The van der Waals surface area contributed by atoms with Crippen molar-refractivity contribution < 1.29 is 0 Å². The Balaban J connectivity index is 1.48. The van der Waals surface area contributed by atoms with Crippen LogP contribution in [0.1, 0.15) is 17.5 Å². The second-order valence-corrected chi connectivity index (χ2v) is 7.41. The molecule has 1 aromatic heterocycles. The average molecular weight is 383 g/mol. The molecule has 2 heterocycles. The van der Waals surface area contributed by atoms with Gasteiger partial charge in [-0.25, -0.2) is 0 Å². The molecule has 0 aliphatic carbocycles. The highest BCUT2D eigenvalue weighted by atomic mass is 15.3. The minimum Gasteiger partial charge on any atom is -0.353 e. The van der Waals surface area contributed by atoms with Crippen LogP contribution in [0.15, 0.2) is 79.0 Å². The molecule has 0 atom stereocenters. The number of aromatic nitrogens is 2. The molecule has 2 aromatic carbocycles. The summed E-state index contributed by atoms with van der Waals surface area (Å²) in [4.78, 5) is 4.72. The fourth-order valence-corrected chi connectivity index (χ4v) is 4.07. The lowest BCUT2D eigenvalue weighted by atomic mass is 9.73. The van der Waals surface area contributed by atoms with E-state index in [1.807, 2.05) is 48.5 Å². The molecule has 0 spiro atoms. The largest absolute Gasteiger partial charge is 0.353 e. The molecule has 5 heteroatoms. The normalized spacial score (nSPS) is 15.1. The van der Waals surface area contributed by atoms with E-state index in [0.717, 1.165) is 56.1 Å². The summed E-state index contributed by atoms with van der Waals surface area (Å²) >= 11 is 0. The van der Waals surface area contributed by atoms with Crippen LogP contribution in [-0.2, 0) is 5.41 Å². The molecule has 4 rings (SSSR count). The van der Waals surface area contributed by atoms with Gasteiger partial charge in [-0.05, 0) is 29.7 Å². The molecule has 0 unspecified atom stereocenters. The molecule has 3 aromatic rings. The second-order valence-electron chi connectivity index (χ2n) is 7.41. The lowest BCUT2D eigenvalue weighted by molar-refractivity contribution is 0.244. The van der Waals surface area contributed by atoms with E-state index in [-0.39, 0.29) is 0 Å². The molecule has 1 saturated heterocycles. The Morgan fingerprint density at radius 2 is 1.45 bits per heavy atom. The Morgan fingerprint density at radius 1 is 0.828 bits per heavy atom. The van der Waals surface area contributed by atoms with Gasteiger partial charge in [0.2, 0.25) is 0 Å². The summed E-state index contributed by atoms with van der Waals surface area (Å²) < 4.78 is 0. The lowest BCUT2D eigenvalue weighted by Crippen LogP contribution is -2.48. The maximum absolute atomic E-state index is 10.3. The van der Waals surface area contributed by atoms with Gasteiger partial charge in [-0.1, -0.05) is 60.7 Å². The fourth-order valence-electron chi connectivity index (χ4n) is 4.07. The molecule has 1 aliphatic heterocycles. The van der Waals surface area contributed by atoms with E-state index in [4.69, 9.17) is 0 Å². The van der Waals surface area contributed by atoms with E-state index < -0.39 is 5.41 Å². The van der Waals surface area contributed by atoms with Gasteiger partial charge < -0.3 is 4.90 Å². The third-order valence-corrected chi connectivity index (χ3v) is 5.78. The van der Waals surface area contributed by atoms with Crippen LogP contribution in [0, 0.1) is 11.3 Å². The molecule has 146 valence electrons. The Kier molecular flexibility index (Phi) is 5.83. The molecule has 0 saturated carbocycles. The zero-order valence-corrected chi connectivity index (χ0v) is 16.5. The van der Waals surface area contributed by atoms with Gasteiger partial charge in [0.1, 0.15) is 5.41 Å². The molecular weight excluding hydrogens is 358 g/mol. The van der Waals surface area contributed by atoms with Crippen molar-refractivity contribution >= 4 is 5.82 Å². The van der Waals surface area contributed by atoms with Crippen molar-refractivity contribution in [3.63, 3.8) is 0 Å². The van der Waals surface area contributed by atoms with E-state index in [9.17, 15) is 5.26 Å². The van der Waals surface area contributed by atoms with Crippen molar-refractivity contribution in [3.8, 4) is 6.07 Å². The molecule has 1 aliphatic rings. The molecule has 5 nitrogen and oxygen atoms in total. The number of piperazine rings is 1. The second kappa shape index (κ2) is 8.85. The highest BCUT2D eigenvalue weighted by Crippen LogP contribution is 2.35. The van der Waals surface area contributed by atoms with Crippen LogP contribution in [-0.4, -0.2) is 47.8 Å². The first kappa shape index (κ1) is 19.1. The summed E-state index contributed by atoms with van der Waals surface area (Å²) in [6.45, 7) is 4.65. The van der Waals surface area contributed by atoms with E-state index >= 15 is 0 Å². The Hall–Kier alpha value is -3.23. The molecule has 0 bridgehead atoms. The van der Waals surface area contributed by atoms with Crippen molar-refractivity contribution in [2.45, 2.75) is 11.8 Å². The van der Waals surface area contributed by atoms with Crippen molar-refractivity contribution in [1.29, 1.82) is 5.26 Å². The van der Waals surface area contributed by atoms with Crippen molar-refractivity contribution in [1.82, 2.24) is 15.1 Å². The molecule has 0 N–H and O–H groups in total. The summed E-state index contributed by atoms with van der Waals surface area (Å²) in [5.74, 6) is 0.937. The topological polar surface area (TPSA) is 56.1 Å². The highest BCUT2D eigenvalue weighted by Gasteiger charge is 2.35. The summed E-state index contributed by atoms with van der Waals surface area (Å²) in [5.41, 5.74) is 1.49. The molecule has 0 amide bonds. The van der Waals surface area contributed by atoms with Gasteiger partial charge in [-0.2, -0.15) is 10.4 Å². The number of hydrogen-bond acceptors (Lipinski definition) is 5. The molecule has 0 radical (unpaired) electrons. The van der Waals surface area contributed by atoms with Crippen LogP contribution in [0.2, 0.25) is 0 Å². The van der Waals surface area contributed by atoms with Gasteiger partial charge in [0.15, 0.2) is 5.82 Å². The quantitative estimate of drug-likeness (QED) is 0.652. The Morgan fingerprint density at radius 3 is 1.97 bits per heavy atom. The molecular formula is C24H25N5. The van der Waals surface area contributed by atoms with E-state index in [2.05, 4.69) is 50.3 Å². The summed E-state index contributed by atoms with van der Waals surface area (Å²) in [5, 5.41) is 18.5. The highest BCUT2D eigenvalue weighted by molar-refractivity contribution is 5.45. The Bertz CT molecular complexity index is 890. The smallest absolute Gasteiger partial charge is 0.151 e. The lowest BCUT2D eigenvalue weighted by Gasteiger charge is -2.37. The van der Waals surface area contributed by atoms with Gasteiger partial charge in [0, 0.05) is 38.9 Å². The zero-order valence-electron chi connectivity index (χ0n) is 16.5. The third kappa shape index (κ3) is 4.13. The van der Waals surface area contributed by atoms with Gasteiger partial charge in [-0.15, -0.1) is 5.10 Å². The number of hydrogen-bond donors (Lipinski definition) is 0. The number of benzene rings is 2. The first-order valence-corrected chi connectivity index (χ1v) is 10.1.